The molecule has 0 atom stereocenters. The highest BCUT2D eigenvalue weighted by molar-refractivity contribution is 7.20. The van der Waals surface area contributed by atoms with Gasteiger partial charge in [0.1, 0.15) is 28.4 Å². The van der Waals surface area contributed by atoms with E-state index in [0.29, 0.717) is 43.6 Å². The number of halogens is 2. The Kier molecular flexibility index (Phi) is 5.09. The van der Waals surface area contributed by atoms with Gasteiger partial charge in [0.2, 0.25) is 0 Å². The fourth-order valence-corrected chi connectivity index (χ4v) is 4.07. The lowest BCUT2D eigenvalue weighted by Gasteiger charge is -2.04. The molecule has 1 aromatic carbocycles. The summed E-state index contributed by atoms with van der Waals surface area (Å²) in [5.74, 6) is 0.681. The lowest BCUT2D eigenvalue weighted by Crippen LogP contribution is -2.03. The van der Waals surface area contributed by atoms with E-state index in [9.17, 15) is 4.79 Å². The second-order valence-corrected chi connectivity index (χ2v) is 7.68. The lowest BCUT2D eigenvalue weighted by atomic mass is 10.2. The van der Waals surface area contributed by atoms with Crippen molar-refractivity contribution in [3.63, 3.8) is 0 Å². The number of thiophene rings is 1. The zero-order chi connectivity index (χ0) is 19.8. The van der Waals surface area contributed by atoms with Gasteiger partial charge in [-0.1, -0.05) is 23.2 Å². The van der Waals surface area contributed by atoms with Crippen LogP contribution in [-0.4, -0.2) is 32.2 Å². The molecule has 0 radical (unpaired) electrons. The van der Waals surface area contributed by atoms with Crippen molar-refractivity contribution in [2.45, 2.75) is 20.5 Å². The summed E-state index contributed by atoms with van der Waals surface area (Å²) in [6.45, 7) is 4.09. The highest BCUT2D eigenvalue weighted by Gasteiger charge is 2.21. The summed E-state index contributed by atoms with van der Waals surface area (Å²) in [4.78, 5) is 22.3. The third-order valence-electron chi connectivity index (χ3n) is 4.03. The Morgan fingerprint density at radius 2 is 2.11 bits per heavy atom. The van der Waals surface area contributed by atoms with E-state index >= 15 is 0 Å². The maximum Gasteiger partial charge on any atom is 0.348 e. The zero-order valence-electron chi connectivity index (χ0n) is 14.9. The van der Waals surface area contributed by atoms with Crippen molar-refractivity contribution in [1.29, 1.82) is 0 Å². The summed E-state index contributed by atoms with van der Waals surface area (Å²) in [5.41, 5.74) is 1.39. The number of fused-ring (bicyclic) bond motifs is 3. The molecule has 0 bridgehead atoms. The molecule has 0 fully saturated rings. The van der Waals surface area contributed by atoms with Crippen LogP contribution in [0.3, 0.4) is 0 Å². The van der Waals surface area contributed by atoms with Crippen LogP contribution in [0.4, 0.5) is 0 Å². The molecule has 3 heterocycles. The summed E-state index contributed by atoms with van der Waals surface area (Å²) in [5, 5.41) is 6.05. The number of aryl methyl sites for hydroxylation is 1. The fourth-order valence-electron chi connectivity index (χ4n) is 2.75. The van der Waals surface area contributed by atoms with Crippen molar-refractivity contribution >= 4 is 56.4 Å². The quantitative estimate of drug-likeness (QED) is 0.421. The Morgan fingerprint density at radius 1 is 1.29 bits per heavy atom. The van der Waals surface area contributed by atoms with Crippen LogP contribution in [0.5, 0.6) is 5.75 Å². The predicted molar refractivity (Wildman–Crippen MR) is 108 cm³/mol. The van der Waals surface area contributed by atoms with Crippen LogP contribution in [0.1, 0.15) is 28.0 Å². The summed E-state index contributed by atoms with van der Waals surface area (Å²) in [6, 6.07) is 5.02. The summed E-state index contributed by atoms with van der Waals surface area (Å²) < 4.78 is 12.4. The van der Waals surface area contributed by atoms with Gasteiger partial charge in [-0.3, -0.25) is 0 Å². The number of carbonyl (C=O) groups is 1. The van der Waals surface area contributed by atoms with Crippen molar-refractivity contribution in [2.24, 2.45) is 0 Å². The minimum absolute atomic E-state index is 0.148. The Bertz CT molecular complexity index is 1200. The van der Waals surface area contributed by atoms with Gasteiger partial charge >= 0.3 is 5.97 Å². The first-order valence-electron chi connectivity index (χ1n) is 8.36. The molecule has 4 rings (SSSR count). The Morgan fingerprint density at radius 3 is 2.86 bits per heavy atom. The highest BCUT2D eigenvalue weighted by Crippen LogP contribution is 2.32. The first kappa shape index (κ1) is 18.9. The number of carbonyl (C=O) groups excluding carboxylic acids is 1. The van der Waals surface area contributed by atoms with Crippen molar-refractivity contribution < 1.29 is 14.3 Å². The SMILES string of the molecule is CCOC(=O)c1sc2ncn3nc(COc4ccc(Cl)c(Cl)c4)nc3c2c1C. The molecule has 0 aliphatic carbocycles. The van der Waals surface area contributed by atoms with E-state index < -0.39 is 0 Å². The molecule has 4 aromatic rings. The fraction of sp³-hybridized carbons (Fsp3) is 0.222. The molecule has 7 nitrogen and oxygen atoms in total. The summed E-state index contributed by atoms with van der Waals surface area (Å²) in [6.07, 6.45) is 1.57. The number of ether oxygens (including phenoxy) is 2. The van der Waals surface area contributed by atoms with E-state index in [-0.39, 0.29) is 12.6 Å². The van der Waals surface area contributed by atoms with Crippen molar-refractivity contribution in [3.8, 4) is 5.75 Å². The molecule has 10 heteroatoms. The first-order valence-corrected chi connectivity index (χ1v) is 9.93. The molecule has 144 valence electrons. The Hall–Kier alpha value is -2.42. The second-order valence-electron chi connectivity index (χ2n) is 5.86. The largest absolute Gasteiger partial charge is 0.485 e. The number of esters is 1. The number of hydrogen-bond donors (Lipinski definition) is 0. The summed E-state index contributed by atoms with van der Waals surface area (Å²) >= 11 is 13.2. The molecule has 0 spiro atoms. The van der Waals surface area contributed by atoms with E-state index in [1.165, 1.54) is 11.3 Å². The maximum atomic E-state index is 12.2. The topological polar surface area (TPSA) is 78.6 Å². The van der Waals surface area contributed by atoms with Crippen LogP contribution in [-0.2, 0) is 11.3 Å². The number of benzene rings is 1. The van der Waals surface area contributed by atoms with E-state index in [0.717, 1.165) is 10.9 Å². The summed E-state index contributed by atoms with van der Waals surface area (Å²) in [7, 11) is 0. The van der Waals surface area contributed by atoms with Gasteiger partial charge in [-0.05, 0) is 31.5 Å². The molecule has 28 heavy (non-hydrogen) atoms. The third kappa shape index (κ3) is 3.39. The second kappa shape index (κ2) is 7.54. The van der Waals surface area contributed by atoms with Gasteiger partial charge in [-0.15, -0.1) is 16.4 Å². The smallest absolute Gasteiger partial charge is 0.348 e. The predicted octanol–water partition coefficient (Wildman–Crippen LogP) is 4.71. The molecular formula is C18H14Cl2N4O3S. The van der Waals surface area contributed by atoms with Crippen molar-refractivity contribution in [3.05, 3.63) is 50.8 Å². The minimum Gasteiger partial charge on any atom is -0.485 e. The van der Waals surface area contributed by atoms with E-state index in [2.05, 4.69) is 15.1 Å². The zero-order valence-corrected chi connectivity index (χ0v) is 17.2. The molecule has 0 aliphatic rings. The van der Waals surface area contributed by atoms with Crippen LogP contribution in [0, 0.1) is 6.92 Å². The normalized spacial score (nSPS) is 11.3. The molecule has 3 aromatic heterocycles. The minimum atomic E-state index is -0.358. The number of hydrogen-bond acceptors (Lipinski definition) is 7. The van der Waals surface area contributed by atoms with Crippen LogP contribution in [0.15, 0.2) is 24.5 Å². The standard InChI is InChI=1S/C18H14Cl2N4O3S/c1-3-26-18(25)15-9(2)14-16-22-13(23-24(16)8-21-17(14)28-15)7-27-10-4-5-11(19)12(20)6-10/h4-6,8H,3,7H2,1-2H3. The molecular weight excluding hydrogens is 423 g/mol. The van der Waals surface area contributed by atoms with E-state index in [1.807, 2.05) is 6.92 Å². The van der Waals surface area contributed by atoms with Crippen molar-refractivity contribution in [1.82, 2.24) is 19.6 Å². The molecule has 0 saturated carbocycles. The van der Waals surface area contributed by atoms with Crippen LogP contribution < -0.4 is 4.74 Å². The molecule has 0 N–H and O–H groups in total. The molecule has 0 amide bonds. The van der Waals surface area contributed by atoms with E-state index in [4.69, 9.17) is 32.7 Å². The Balaban J connectivity index is 1.67. The molecule has 0 unspecified atom stereocenters. The van der Waals surface area contributed by atoms with Gasteiger partial charge in [-0.25, -0.2) is 19.3 Å². The van der Waals surface area contributed by atoms with Gasteiger partial charge in [-0.2, -0.15) is 0 Å². The Labute approximate surface area is 173 Å². The van der Waals surface area contributed by atoms with Crippen molar-refractivity contribution in [2.75, 3.05) is 6.61 Å². The number of aromatic nitrogens is 4. The highest BCUT2D eigenvalue weighted by atomic mass is 35.5. The average Bonchev–Trinajstić information content (AvgIpc) is 3.23. The van der Waals surface area contributed by atoms with Gasteiger partial charge in [0.05, 0.1) is 22.0 Å². The van der Waals surface area contributed by atoms with Crippen LogP contribution >= 0.6 is 34.5 Å². The van der Waals surface area contributed by atoms with Gasteiger partial charge in [0.15, 0.2) is 11.5 Å². The van der Waals surface area contributed by atoms with Gasteiger partial charge in [0.25, 0.3) is 0 Å². The monoisotopic (exact) mass is 436 g/mol. The molecule has 0 aliphatic heterocycles. The van der Waals surface area contributed by atoms with Gasteiger partial charge in [0, 0.05) is 6.07 Å². The van der Waals surface area contributed by atoms with Crippen LogP contribution in [0.25, 0.3) is 15.9 Å². The van der Waals surface area contributed by atoms with Gasteiger partial charge < -0.3 is 9.47 Å². The number of nitrogens with zero attached hydrogens (tertiary/aromatic N) is 4. The molecule has 0 saturated heterocycles. The third-order valence-corrected chi connectivity index (χ3v) is 5.95. The maximum absolute atomic E-state index is 12.2. The first-order chi connectivity index (χ1) is 13.5. The average molecular weight is 437 g/mol. The van der Waals surface area contributed by atoms with E-state index in [1.54, 1.807) is 36.0 Å². The number of rotatable bonds is 5. The van der Waals surface area contributed by atoms with Crippen LogP contribution in [0.2, 0.25) is 10.0 Å². The lowest BCUT2D eigenvalue weighted by molar-refractivity contribution is 0.0531.